The predicted octanol–water partition coefficient (Wildman–Crippen LogP) is 0.219. The summed E-state index contributed by atoms with van der Waals surface area (Å²) in [7, 11) is 2.09. The highest BCUT2D eigenvalue weighted by molar-refractivity contribution is 5.75. The van der Waals surface area contributed by atoms with E-state index in [0.717, 1.165) is 25.9 Å². The van der Waals surface area contributed by atoms with Gasteiger partial charge in [-0.2, -0.15) is 0 Å². The van der Waals surface area contributed by atoms with Crippen molar-refractivity contribution in [3.05, 3.63) is 0 Å². The standard InChI is InChI=1S/C10H20N2O2/c1-3-14-10(13)9(11)8-4-6-12(2)7-5-8/h8-9H,3-7,11H2,1-2H3. The number of carbonyl (C=O) groups is 1. The highest BCUT2D eigenvalue weighted by Gasteiger charge is 2.28. The molecule has 4 nitrogen and oxygen atoms in total. The first kappa shape index (κ1) is 11.5. The van der Waals surface area contributed by atoms with Crippen LogP contribution in [-0.2, 0) is 9.53 Å². The number of carbonyl (C=O) groups excluding carboxylic acids is 1. The van der Waals surface area contributed by atoms with Crippen molar-refractivity contribution in [2.45, 2.75) is 25.8 Å². The molecule has 2 N–H and O–H groups in total. The van der Waals surface area contributed by atoms with Gasteiger partial charge in [0, 0.05) is 0 Å². The Hall–Kier alpha value is -0.610. The quantitative estimate of drug-likeness (QED) is 0.662. The molecule has 0 aromatic rings. The molecule has 0 radical (unpaired) electrons. The Bertz CT molecular complexity index is 189. The topological polar surface area (TPSA) is 55.6 Å². The van der Waals surface area contributed by atoms with Crippen LogP contribution in [0.1, 0.15) is 19.8 Å². The average molecular weight is 200 g/mol. The van der Waals surface area contributed by atoms with Gasteiger partial charge in [0.1, 0.15) is 6.04 Å². The Kier molecular flexibility index (Phi) is 4.35. The van der Waals surface area contributed by atoms with Crippen molar-refractivity contribution in [1.29, 1.82) is 0 Å². The molecule has 0 aliphatic carbocycles. The normalized spacial score (nSPS) is 21.9. The van der Waals surface area contributed by atoms with Crippen molar-refractivity contribution < 1.29 is 9.53 Å². The fourth-order valence-electron chi connectivity index (χ4n) is 1.82. The molecule has 14 heavy (non-hydrogen) atoms. The van der Waals surface area contributed by atoms with Crippen molar-refractivity contribution >= 4 is 5.97 Å². The first-order chi connectivity index (χ1) is 6.65. The Morgan fingerprint density at radius 2 is 2.14 bits per heavy atom. The summed E-state index contributed by atoms with van der Waals surface area (Å²) in [4.78, 5) is 13.6. The van der Waals surface area contributed by atoms with Crippen LogP contribution >= 0.6 is 0 Å². The second-order valence-corrected chi connectivity index (χ2v) is 3.92. The van der Waals surface area contributed by atoms with Gasteiger partial charge in [-0.15, -0.1) is 0 Å². The summed E-state index contributed by atoms with van der Waals surface area (Å²) in [5, 5.41) is 0. The van der Waals surface area contributed by atoms with Crippen LogP contribution in [0.5, 0.6) is 0 Å². The first-order valence-electron chi connectivity index (χ1n) is 5.26. The van der Waals surface area contributed by atoms with E-state index in [1.165, 1.54) is 0 Å². The Labute approximate surface area is 85.4 Å². The smallest absolute Gasteiger partial charge is 0.323 e. The molecule has 0 aromatic carbocycles. The molecule has 1 rings (SSSR count). The lowest BCUT2D eigenvalue weighted by Gasteiger charge is -2.31. The molecule has 0 spiro atoms. The Balaban J connectivity index is 2.37. The summed E-state index contributed by atoms with van der Waals surface area (Å²) in [5.41, 5.74) is 5.83. The number of likely N-dealkylation sites (tertiary alicyclic amines) is 1. The van der Waals surface area contributed by atoms with Crippen molar-refractivity contribution in [2.24, 2.45) is 11.7 Å². The van der Waals surface area contributed by atoms with Crippen LogP contribution in [0.2, 0.25) is 0 Å². The van der Waals surface area contributed by atoms with Gasteiger partial charge in [-0.1, -0.05) is 0 Å². The minimum atomic E-state index is -0.427. The fraction of sp³-hybridized carbons (Fsp3) is 0.900. The van der Waals surface area contributed by atoms with E-state index in [1.807, 2.05) is 0 Å². The third-order valence-corrected chi connectivity index (χ3v) is 2.83. The van der Waals surface area contributed by atoms with Gasteiger partial charge in [0.15, 0.2) is 0 Å². The molecule has 82 valence electrons. The van der Waals surface area contributed by atoms with Crippen LogP contribution < -0.4 is 5.73 Å². The maximum absolute atomic E-state index is 11.4. The van der Waals surface area contributed by atoms with Gasteiger partial charge < -0.3 is 15.4 Å². The largest absolute Gasteiger partial charge is 0.465 e. The number of hydrogen-bond donors (Lipinski definition) is 1. The Morgan fingerprint density at radius 3 is 2.64 bits per heavy atom. The van der Waals surface area contributed by atoms with Crippen LogP contribution in [0.3, 0.4) is 0 Å². The monoisotopic (exact) mass is 200 g/mol. The molecule has 1 saturated heterocycles. The molecule has 4 heteroatoms. The first-order valence-corrected chi connectivity index (χ1v) is 5.26. The Morgan fingerprint density at radius 1 is 1.57 bits per heavy atom. The molecule has 1 heterocycles. The maximum Gasteiger partial charge on any atom is 0.323 e. The van der Waals surface area contributed by atoms with E-state index in [0.29, 0.717) is 12.5 Å². The minimum absolute atomic E-state index is 0.248. The van der Waals surface area contributed by atoms with Gasteiger partial charge >= 0.3 is 5.97 Å². The van der Waals surface area contributed by atoms with Gasteiger partial charge in [0.25, 0.3) is 0 Å². The zero-order chi connectivity index (χ0) is 10.6. The average Bonchev–Trinajstić information content (AvgIpc) is 2.18. The van der Waals surface area contributed by atoms with Crippen LogP contribution in [0, 0.1) is 5.92 Å². The predicted molar refractivity (Wildman–Crippen MR) is 54.8 cm³/mol. The summed E-state index contributed by atoms with van der Waals surface area (Å²) >= 11 is 0. The molecule has 1 atom stereocenters. The van der Waals surface area contributed by atoms with Gasteiger partial charge in [-0.05, 0) is 45.8 Å². The van der Waals surface area contributed by atoms with Crippen molar-refractivity contribution in [1.82, 2.24) is 4.90 Å². The summed E-state index contributed by atoms with van der Waals surface area (Å²) < 4.78 is 4.91. The molecule has 0 amide bonds. The van der Waals surface area contributed by atoms with Crippen LogP contribution in [0.15, 0.2) is 0 Å². The van der Waals surface area contributed by atoms with E-state index < -0.39 is 6.04 Å². The fourth-order valence-corrected chi connectivity index (χ4v) is 1.82. The number of hydrogen-bond acceptors (Lipinski definition) is 4. The molecule has 0 saturated carbocycles. The van der Waals surface area contributed by atoms with E-state index in [9.17, 15) is 4.79 Å². The van der Waals surface area contributed by atoms with Crippen LogP contribution in [0.25, 0.3) is 0 Å². The van der Waals surface area contributed by atoms with Gasteiger partial charge in [-0.3, -0.25) is 4.79 Å². The zero-order valence-electron chi connectivity index (χ0n) is 9.03. The van der Waals surface area contributed by atoms with Crippen molar-refractivity contribution in [2.75, 3.05) is 26.7 Å². The third-order valence-electron chi connectivity index (χ3n) is 2.83. The van der Waals surface area contributed by atoms with Crippen molar-refractivity contribution in [3.63, 3.8) is 0 Å². The van der Waals surface area contributed by atoms with E-state index in [4.69, 9.17) is 10.5 Å². The van der Waals surface area contributed by atoms with Crippen LogP contribution in [-0.4, -0.2) is 43.7 Å². The summed E-state index contributed by atoms with van der Waals surface area (Å²) in [6, 6.07) is -0.427. The summed E-state index contributed by atoms with van der Waals surface area (Å²) in [6.45, 7) is 4.27. The lowest BCUT2D eigenvalue weighted by atomic mass is 9.90. The molecule has 1 aliphatic rings. The number of piperidine rings is 1. The van der Waals surface area contributed by atoms with Gasteiger partial charge in [0.2, 0.25) is 0 Å². The second-order valence-electron chi connectivity index (χ2n) is 3.92. The van der Waals surface area contributed by atoms with E-state index in [1.54, 1.807) is 6.92 Å². The maximum atomic E-state index is 11.4. The number of rotatable bonds is 3. The highest BCUT2D eigenvalue weighted by Crippen LogP contribution is 2.19. The molecule has 0 bridgehead atoms. The van der Waals surface area contributed by atoms with E-state index >= 15 is 0 Å². The molecule has 1 aliphatic heterocycles. The van der Waals surface area contributed by atoms with Crippen LogP contribution in [0.4, 0.5) is 0 Å². The summed E-state index contributed by atoms with van der Waals surface area (Å²) in [5.74, 6) is 0.0484. The van der Waals surface area contributed by atoms with E-state index in [2.05, 4.69) is 11.9 Å². The molecule has 1 unspecified atom stereocenters. The number of ether oxygens (including phenoxy) is 1. The lowest BCUT2D eigenvalue weighted by molar-refractivity contribution is -0.146. The molecular formula is C10H20N2O2. The molecule has 1 fully saturated rings. The number of nitrogens with zero attached hydrogens (tertiary/aromatic N) is 1. The van der Waals surface area contributed by atoms with Crippen molar-refractivity contribution in [3.8, 4) is 0 Å². The lowest BCUT2D eigenvalue weighted by Crippen LogP contribution is -2.44. The third kappa shape index (κ3) is 2.96. The molecular weight excluding hydrogens is 180 g/mol. The minimum Gasteiger partial charge on any atom is -0.465 e. The molecule has 0 aromatic heterocycles. The number of esters is 1. The summed E-state index contributed by atoms with van der Waals surface area (Å²) in [6.07, 6.45) is 1.99. The second kappa shape index (κ2) is 5.32. The highest BCUT2D eigenvalue weighted by atomic mass is 16.5. The van der Waals surface area contributed by atoms with Gasteiger partial charge in [0.05, 0.1) is 6.61 Å². The zero-order valence-corrected chi connectivity index (χ0v) is 9.03. The SMILES string of the molecule is CCOC(=O)C(N)C1CCN(C)CC1. The van der Waals surface area contributed by atoms with E-state index in [-0.39, 0.29) is 5.97 Å². The number of nitrogens with two attached hydrogens (primary N) is 1. The van der Waals surface area contributed by atoms with Gasteiger partial charge in [-0.25, -0.2) is 0 Å².